The number of thiophene rings is 2. The third-order valence-electron chi connectivity index (χ3n) is 11.0. The fourth-order valence-electron chi connectivity index (χ4n) is 7.68. The van der Waals surface area contributed by atoms with E-state index in [1.54, 1.807) is 20.0 Å². The minimum absolute atomic E-state index is 0.0115. The molecule has 5 amide bonds. The molecule has 0 unspecified atom stereocenters. The number of carbonyl (C=O) groups excluding carboxylic acids is 4. The van der Waals surface area contributed by atoms with Crippen molar-refractivity contribution in [3.63, 3.8) is 0 Å². The molecule has 54 heavy (non-hydrogen) atoms. The van der Waals surface area contributed by atoms with Crippen LogP contribution in [0.2, 0.25) is 0 Å². The van der Waals surface area contributed by atoms with E-state index in [4.69, 9.17) is 0 Å². The van der Waals surface area contributed by atoms with Gasteiger partial charge in [-0.1, -0.05) is 32.8 Å². The first-order chi connectivity index (χ1) is 25.8. The Kier molecular flexibility index (Phi) is 10.6. The summed E-state index contributed by atoms with van der Waals surface area (Å²) in [7, 11) is -3.91. The Morgan fingerprint density at radius 2 is 1.72 bits per heavy atom. The first-order valence-corrected chi connectivity index (χ1v) is 21.8. The molecule has 0 aromatic carbocycles. The molecule has 288 valence electrons. The molecule has 3 aromatic heterocycles. The minimum Gasteiger partial charge on any atom is -0.339 e. The Morgan fingerprint density at radius 1 is 1.04 bits per heavy atom. The highest BCUT2D eigenvalue weighted by atomic mass is 32.2. The van der Waals surface area contributed by atoms with Crippen LogP contribution in [0, 0.1) is 11.8 Å². The number of nitrogens with zero attached hydrogens (tertiary/aromatic N) is 3. The van der Waals surface area contributed by atoms with Gasteiger partial charge in [0.15, 0.2) is 0 Å². The van der Waals surface area contributed by atoms with Crippen molar-refractivity contribution in [1.29, 1.82) is 0 Å². The van der Waals surface area contributed by atoms with Crippen LogP contribution in [0.15, 0.2) is 57.3 Å². The van der Waals surface area contributed by atoms with Gasteiger partial charge in [0.1, 0.15) is 17.6 Å². The lowest BCUT2D eigenvalue weighted by atomic mass is 10.0. The van der Waals surface area contributed by atoms with E-state index in [1.165, 1.54) is 38.3 Å². The molecule has 1 aliphatic heterocycles. The summed E-state index contributed by atoms with van der Waals surface area (Å²) in [6, 6.07) is 0.350. The van der Waals surface area contributed by atoms with Crippen LogP contribution in [0.5, 0.6) is 0 Å². The van der Waals surface area contributed by atoms with Crippen LogP contribution in [-0.2, 0) is 24.4 Å². The van der Waals surface area contributed by atoms with Crippen molar-refractivity contribution < 1.29 is 27.6 Å². The van der Waals surface area contributed by atoms with Gasteiger partial charge in [0.05, 0.1) is 23.1 Å². The molecular weight excluding hydrogens is 751 g/mol. The minimum atomic E-state index is -3.91. The van der Waals surface area contributed by atoms with Gasteiger partial charge in [-0.05, 0) is 82.8 Å². The highest BCUT2D eigenvalue weighted by Crippen LogP contribution is 2.46. The number of rotatable bonds is 13. The summed E-state index contributed by atoms with van der Waals surface area (Å²) in [5.41, 5.74) is 0.701. The average Bonchev–Trinajstić information content (AvgIpc) is 3.67. The number of likely N-dealkylation sites (tertiary alicyclic amines) is 1. The molecular formula is C37H45N7O7S3. The number of carbonyl (C=O) groups is 4. The average molecular weight is 796 g/mol. The van der Waals surface area contributed by atoms with Crippen LogP contribution in [0.3, 0.4) is 0 Å². The molecule has 3 aliphatic carbocycles. The van der Waals surface area contributed by atoms with Crippen molar-refractivity contribution in [1.82, 2.24) is 35.4 Å². The van der Waals surface area contributed by atoms with Gasteiger partial charge >= 0.3 is 6.03 Å². The molecule has 14 nitrogen and oxygen atoms in total. The first kappa shape index (κ1) is 37.9. The molecule has 3 aromatic rings. The summed E-state index contributed by atoms with van der Waals surface area (Å²) in [5.74, 6) is -2.98. The smallest absolute Gasteiger partial charge is 0.315 e. The molecule has 4 N–H and O–H groups in total. The Labute approximate surface area is 321 Å². The summed E-state index contributed by atoms with van der Waals surface area (Å²) >= 11 is 2.95. The molecule has 4 fully saturated rings. The van der Waals surface area contributed by atoms with Crippen LogP contribution in [-0.4, -0.2) is 82.3 Å². The molecule has 17 heteroatoms. The predicted octanol–water partition coefficient (Wildman–Crippen LogP) is 3.78. The summed E-state index contributed by atoms with van der Waals surface area (Å²) in [5, 5.41) is 20.1. The predicted molar refractivity (Wildman–Crippen MR) is 206 cm³/mol. The standard InChI is InChI=1S/C37H45N7O7S3/c1-4-24-16-37(24,35(48)42-54(50,51)27-9-10-27)41-32(45)29-15-26(18-43(29)34(47)31(21(2)3)40-36(49)39-25-7-5-6-8-25)44-33(46)30(23-12-14-53-20-23)28(17-38-44)22-11-13-52-19-22/h4,11-14,17,19-21,24-27,29,31H,1,5-10,15-16,18H2,2-3H3,(H,41,45)(H,42,48)(H2,39,40,49)/t24-,26-,29+,31+,37-/m1/s1. The van der Waals surface area contributed by atoms with Gasteiger partial charge in [0.2, 0.25) is 21.8 Å². The first-order valence-electron chi connectivity index (χ1n) is 18.4. The maximum atomic E-state index is 14.5. The highest BCUT2D eigenvalue weighted by Gasteiger charge is 2.62. The monoisotopic (exact) mass is 795 g/mol. The summed E-state index contributed by atoms with van der Waals surface area (Å²) < 4.78 is 28.9. The van der Waals surface area contributed by atoms with Gasteiger partial charge < -0.3 is 20.9 Å². The molecule has 0 radical (unpaired) electrons. The van der Waals surface area contributed by atoms with E-state index >= 15 is 0 Å². The van der Waals surface area contributed by atoms with E-state index in [0.29, 0.717) is 24.0 Å². The van der Waals surface area contributed by atoms with Gasteiger partial charge in [-0.25, -0.2) is 17.9 Å². The van der Waals surface area contributed by atoms with Crippen molar-refractivity contribution in [3.05, 3.63) is 62.9 Å². The van der Waals surface area contributed by atoms with Crippen LogP contribution in [0.4, 0.5) is 4.79 Å². The lowest BCUT2D eigenvalue weighted by Gasteiger charge is -2.31. The summed E-state index contributed by atoms with van der Waals surface area (Å²) in [4.78, 5) is 71.3. The molecule has 5 atom stereocenters. The van der Waals surface area contributed by atoms with E-state index < -0.39 is 68.6 Å². The van der Waals surface area contributed by atoms with Crippen LogP contribution in [0.25, 0.3) is 22.3 Å². The Bertz CT molecular complexity index is 2090. The second kappa shape index (κ2) is 15.1. The molecule has 4 heterocycles. The van der Waals surface area contributed by atoms with Crippen molar-refractivity contribution >= 4 is 56.4 Å². The second-order valence-electron chi connectivity index (χ2n) is 15.1. The fourth-order valence-corrected chi connectivity index (χ4v) is 10.3. The van der Waals surface area contributed by atoms with Crippen molar-refractivity contribution in [3.8, 4) is 22.3 Å². The highest BCUT2D eigenvalue weighted by molar-refractivity contribution is 7.91. The van der Waals surface area contributed by atoms with E-state index in [2.05, 4.69) is 32.4 Å². The van der Waals surface area contributed by atoms with Crippen molar-refractivity contribution in [2.75, 3.05) is 6.54 Å². The zero-order valence-electron chi connectivity index (χ0n) is 30.2. The number of hydrogen-bond donors (Lipinski definition) is 4. The topological polar surface area (TPSA) is 189 Å². The number of amides is 5. The Balaban J connectivity index is 1.21. The quantitative estimate of drug-likeness (QED) is 0.188. The van der Waals surface area contributed by atoms with Crippen molar-refractivity contribution in [2.45, 2.75) is 100 Å². The van der Waals surface area contributed by atoms with E-state index in [-0.39, 0.29) is 36.9 Å². The number of aromatic nitrogens is 2. The number of sulfonamides is 1. The zero-order chi connectivity index (χ0) is 38.4. The number of urea groups is 1. The zero-order valence-corrected chi connectivity index (χ0v) is 32.6. The maximum Gasteiger partial charge on any atom is 0.315 e. The largest absolute Gasteiger partial charge is 0.339 e. The third-order valence-corrected chi connectivity index (χ3v) is 14.2. The Morgan fingerprint density at radius 3 is 2.31 bits per heavy atom. The van der Waals surface area contributed by atoms with Crippen LogP contribution >= 0.6 is 22.7 Å². The van der Waals surface area contributed by atoms with Crippen LogP contribution < -0.4 is 26.2 Å². The van der Waals surface area contributed by atoms with Crippen molar-refractivity contribution in [2.24, 2.45) is 11.8 Å². The molecule has 3 saturated carbocycles. The second-order valence-corrected chi connectivity index (χ2v) is 18.6. The normalized spacial score (nSPS) is 24.6. The number of nitrogens with one attached hydrogen (secondary N) is 4. The summed E-state index contributed by atoms with van der Waals surface area (Å²) in [6.07, 6.45) is 7.86. The molecule has 0 spiro atoms. The van der Waals surface area contributed by atoms with Gasteiger partial charge in [-0.2, -0.15) is 27.8 Å². The molecule has 1 saturated heterocycles. The maximum absolute atomic E-state index is 14.5. The van der Waals surface area contributed by atoms with Gasteiger partial charge in [0.25, 0.3) is 11.5 Å². The molecule has 0 bridgehead atoms. The molecule has 4 aliphatic rings. The number of hydrogen-bond acceptors (Lipinski definition) is 10. The van der Waals surface area contributed by atoms with Gasteiger partial charge in [-0.3, -0.25) is 23.9 Å². The Hall–Kier alpha value is -4.35. The fraction of sp³-hybridized carbons (Fsp3) is 0.514. The van der Waals surface area contributed by atoms with Crippen LogP contribution in [0.1, 0.15) is 71.3 Å². The molecule has 7 rings (SSSR count). The SMILES string of the molecule is C=C[C@@H]1C[C@]1(NC(=O)[C@@H]1C[C@@H](n2ncc(-c3ccsc3)c(-c3ccsc3)c2=O)CN1C(=O)[C@@H](NC(=O)NC1CCCC1)C(C)C)C(=O)NS(=O)(=O)C1CC1. The summed E-state index contributed by atoms with van der Waals surface area (Å²) in [6.45, 7) is 7.28. The van der Waals surface area contributed by atoms with E-state index in [0.717, 1.165) is 36.8 Å². The third kappa shape index (κ3) is 7.49. The van der Waals surface area contributed by atoms with Gasteiger partial charge in [-0.15, -0.1) is 6.58 Å². The van der Waals surface area contributed by atoms with E-state index in [1.807, 2.05) is 33.7 Å². The lowest BCUT2D eigenvalue weighted by Crippen LogP contribution is -2.59. The lowest BCUT2D eigenvalue weighted by molar-refractivity contribution is -0.141. The van der Waals surface area contributed by atoms with E-state index in [9.17, 15) is 32.4 Å². The van der Waals surface area contributed by atoms with Gasteiger partial charge in [0, 0.05) is 30.5 Å².